The molecule has 3 rings (SSSR count). The zero-order valence-electron chi connectivity index (χ0n) is 17.2. The fourth-order valence-electron chi connectivity index (χ4n) is 4.31. The smallest absolute Gasteiger partial charge is 0.336 e. The van der Waals surface area contributed by atoms with Crippen LogP contribution in [0.15, 0.2) is 12.1 Å². The van der Waals surface area contributed by atoms with Crippen LogP contribution in [0.25, 0.3) is 0 Å². The Labute approximate surface area is 171 Å². The van der Waals surface area contributed by atoms with Crippen molar-refractivity contribution in [3.8, 4) is 5.75 Å². The summed E-state index contributed by atoms with van der Waals surface area (Å²) in [5.74, 6) is -1.23. The van der Waals surface area contributed by atoms with Gasteiger partial charge in [-0.2, -0.15) is 0 Å². The van der Waals surface area contributed by atoms with Gasteiger partial charge in [-0.25, -0.2) is 9.18 Å². The van der Waals surface area contributed by atoms with Crippen LogP contribution in [0.3, 0.4) is 0 Å². The first-order chi connectivity index (χ1) is 13.8. The van der Waals surface area contributed by atoms with Crippen LogP contribution in [0.2, 0.25) is 0 Å². The van der Waals surface area contributed by atoms with Crippen LogP contribution in [0, 0.1) is 24.6 Å². The number of amides is 1. The highest BCUT2D eigenvalue weighted by Crippen LogP contribution is 2.33. The van der Waals surface area contributed by atoms with E-state index in [4.69, 9.17) is 15.6 Å². The molecule has 0 saturated heterocycles. The van der Waals surface area contributed by atoms with E-state index in [2.05, 4.69) is 0 Å². The molecule has 1 aromatic carbocycles. The third kappa shape index (κ3) is 4.89. The minimum atomic E-state index is -1.15. The lowest BCUT2D eigenvalue weighted by Gasteiger charge is -2.38. The van der Waals surface area contributed by atoms with Crippen LogP contribution in [-0.2, 0) is 4.79 Å². The molecule has 0 heterocycles. The molecular weight excluding hydrogens is 375 g/mol. The monoisotopic (exact) mass is 406 g/mol. The molecule has 1 atom stereocenters. The quantitative estimate of drug-likeness (QED) is 0.724. The van der Waals surface area contributed by atoms with Crippen LogP contribution in [-0.4, -0.2) is 47.6 Å². The van der Waals surface area contributed by atoms with Crippen molar-refractivity contribution in [1.82, 2.24) is 4.90 Å². The van der Waals surface area contributed by atoms with E-state index < -0.39 is 17.8 Å². The largest absolute Gasteiger partial charge is 0.490 e. The normalized spacial score (nSPS) is 23.2. The Morgan fingerprint density at radius 3 is 2.45 bits per heavy atom. The summed E-state index contributed by atoms with van der Waals surface area (Å²) in [7, 11) is 1.86. The number of aryl methyl sites for hydroxylation is 1. The average molecular weight is 406 g/mol. The van der Waals surface area contributed by atoms with Crippen molar-refractivity contribution in [3.63, 3.8) is 0 Å². The molecule has 3 N–H and O–H groups in total. The van der Waals surface area contributed by atoms with E-state index in [9.17, 15) is 14.0 Å². The summed E-state index contributed by atoms with van der Waals surface area (Å²) < 4.78 is 19.8. The molecule has 0 unspecified atom stereocenters. The first-order valence-corrected chi connectivity index (χ1v) is 10.5. The second-order valence-electron chi connectivity index (χ2n) is 8.55. The number of ether oxygens (including phenoxy) is 1. The lowest BCUT2D eigenvalue weighted by molar-refractivity contribution is -0.136. The van der Waals surface area contributed by atoms with E-state index in [0.717, 1.165) is 44.6 Å². The van der Waals surface area contributed by atoms with Gasteiger partial charge in [0.1, 0.15) is 0 Å². The van der Waals surface area contributed by atoms with E-state index in [1.807, 2.05) is 11.9 Å². The van der Waals surface area contributed by atoms with Gasteiger partial charge in [-0.3, -0.25) is 4.79 Å². The van der Waals surface area contributed by atoms with Crippen LogP contribution >= 0.6 is 0 Å². The fourth-order valence-corrected chi connectivity index (χ4v) is 4.31. The molecule has 7 heteroatoms. The SMILES string of the molecule is Cc1cc(OCC2CCC([C@H](N)C(=O)N(C)C3CCC3)CC2)c(F)cc1C(=O)O. The Balaban J connectivity index is 1.48. The zero-order chi connectivity index (χ0) is 21.1. The molecular formula is C22H31FN2O4. The van der Waals surface area contributed by atoms with Crippen LogP contribution in [0.1, 0.15) is 60.9 Å². The van der Waals surface area contributed by atoms with Gasteiger partial charge in [0.2, 0.25) is 5.91 Å². The summed E-state index contributed by atoms with van der Waals surface area (Å²) >= 11 is 0. The van der Waals surface area contributed by atoms with E-state index in [1.54, 1.807) is 6.92 Å². The predicted octanol–water partition coefficient (Wildman–Crippen LogP) is 3.36. The van der Waals surface area contributed by atoms with Gasteiger partial charge in [0, 0.05) is 13.1 Å². The second-order valence-corrected chi connectivity index (χ2v) is 8.55. The van der Waals surface area contributed by atoms with Crippen molar-refractivity contribution in [2.75, 3.05) is 13.7 Å². The van der Waals surface area contributed by atoms with Gasteiger partial charge in [-0.05, 0) is 81.4 Å². The van der Waals surface area contributed by atoms with Gasteiger partial charge in [0.05, 0.1) is 18.2 Å². The van der Waals surface area contributed by atoms with Crippen LogP contribution in [0.5, 0.6) is 5.75 Å². The fraction of sp³-hybridized carbons (Fsp3) is 0.636. The Morgan fingerprint density at radius 2 is 1.90 bits per heavy atom. The molecule has 0 aliphatic heterocycles. The molecule has 2 aliphatic carbocycles. The lowest BCUT2D eigenvalue weighted by atomic mass is 9.78. The number of likely N-dealkylation sites (N-methyl/N-ethyl adjacent to an activating group) is 1. The molecule has 29 heavy (non-hydrogen) atoms. The van der Waals surface area contributed by atoms with E-state index in [0.29, 0.717) is 18.2 Å². The van der Waals surface area contributed by atoms with Crippen LogP contribution < -0.4 is 10.5 Å². The number of carbonyl (C=O) groups excluding carboxylic acids is 1. The van der Waals surface area contributed by atoms with Crippen molar-refractivity contribution in [3.05, 3.63) is 29.1 Å². The number of halogens is 1. The first kappa shape index (κ1) is 21.6. The third-order valence-electron chi connectivity index (χ3n) is 6.64. The van der Waals surface area contributed by atoms with Gasteiger partial charge in [-0.1, -0.05) is 0 Å². The van der Waals surface area contributed by atoms with Gasteiger partial charge in [0.15, 0.2) is 11.6 Å². The topological polar surface area (TPSA) is 92.9 Å². The molecule has 1 aromatic rings. The zero-order valence-corrected chi connectivity index (χ0v) is 17.2. The number of nitrogens with zero attached hydrogens (tertiary/aromatic N) is 1. The molecule has 0 radical (unpaired) electrons. The van der Waals surface area contributed by atoms with Gasteiger partial charge in [0.25, 0.3) is 0 Å². The standard InChI is InChI=1S/C22H31FN2O4/c1-13-10-19(18(23)11-17(13)22(27)28)29-12-14-6-8-15(9-7-14)20(24)21(26)25(2)16-4-3-5-16/h10-11,14-16,20H,3-9,12,24H2,1-2H3,(H,27,28)/t14?,15?,20-/m0/s1. The van der Waals surface area contributed by atoms with E-state index >= 15 is 0 Å². The number of carboxylic acids is 1. The van der Waals surface area contributed by atoms with E-state index in [-0.39, 0.29) is 29.1 Å². The molecule has 0 aromatic heterocycles. The highest BCUT2D eigenvalue weighted by atomic mass is 19.1. The Bertz CT molecular complexity index is 757. The Kier molecular flexibility index (Phi) is 6.77. The summed E-state index contributed by atoms with van der Waals surface area (Å²) in [5, 5.41) is 9.06. The summed E-state index contributed by atoms with van der Waals surface area (Å²) in [5.41, 5.74) is 6.69. The molecule has 2 aliphatic rings. The summed E-state index contributed by atoms with van der Waals surface area (Å²) in [6.45, 7) is 2.00. The Morgan fingerprint density at radius 1 is 1.24 bits per heavy atom. The molecule has 1 amide bonds. The molecule has 2 saturated carbocycles. The number of rotatable bonds is 7. The van der Waals surface area contributed by atoms with Gasteiger partial charge in [-0.15, -0.1) is 0 Å². The molecule has 0 spiro atoms. The minimum Gasteiger partial charge on any atom is -0.490 e. The molecule has 0 bridgehead atoms. The number of aromatic carboxylic acids is 1. The summed E-state index contributed by atoms with van der Waals surface area (Å²) in [6, 6.07) is 2.35. The highest BCUT2D eigenvalue weighted by Gasteiger charge is 2.34. The molecule has 2 fully saturated rings. The maximum atomic E-state index is 14.1. The van der Waals surface area contributed by atoms with Gasteiger partial charge >= 0.3 is 5.97 Å². The summed E-state index contributed by atoms with van der Waals surface area (Å²) in [6.07, 6.45) is 6.81. The predicted molar refractivity (Wildman–Crippen MR) is 107 cm³/mol. The maximum Gasteiger partial charge on any atom is 0.336 e. The van der Waals surface area contributed by atoms with E-state index in [1.165, 1.54) is 12.5 Å². The second kappa shape index (κ2) is 9.11. The van der Waals surface area contributed by atoms with Crippen molar-refractivity contribution in [2.45, 2.75) is 64.0 Å². The van der Waals surface area contributed by atoms with Crippen molar-refractivity contribution in [2.24, 2.45) is 17.6 Å². The number of hydrogen-bond acceptors (Lipinski definition) is 4. The van der Waals surface area contributed by atoms with Crippen molar-refractivity contribution >= 4 is 11.9 Å². The molecule has 6 nitrogen and oxygen atoms in total. The Hall–Kier alpha value is -2.15. The number of nitrogens with two attached hydrogens (primary N) is 1. The number of carboxylic acid groups (broad SMARTS) is 1. The number of hydrogen-bond donors (Lipinski definition) is 2. The van der Waals surface area contributed by atoms with Crippen LogP contribution in [0.4, 0.5) is 4.39 Å². The lowest BCUT2D eigenvalue weighted by Crippen LogP contribution is -2.52. The average Bonchev–Trinajstić information content (AvgIpc) is 2.66. The van der Waals surface area contributed by atoms with Crippen molar-refractivity contribution in [1.29, 1.82) is 0 Å². The number of benzene rings is 1. The highest BCUT2D eigenvalue weighted by molar-refractivity contribution is 5.89. The minimum absolute atomic E-state index is 0.0467. The van der Waals surface area contributed by atoms with Gasteiger partial charge < -0.3 is 20.5 Å². The van der Waals surface area contributed by atoms with Crippen molar-refractivity contribution < 1.29 is 23.8 Å². The third-order valence-corrected chi connectivity index (χ3v) is 6.64. The number of carbonyl (C=O) groups is 2. The summed E-state index contributed by atoms with van der Waals surface area (Å²) in [4.78, 5) is 25.5. The first-order valence-electron chi connectivity index (χ1n) is 10.5. The molecule has 160 valence electrons. The maximum absolute atomic E-state index is 14.1.